The van der Waals surface area contributed by atoms with Crippen molar-refractivity contribution >= 4 is 6.41 Å². The van der Waals surface area contributed by atoms with Crippen molar-refractivity contribution in [2.75, 3.05) is 40.3 Å². The van der Waals surface area contributed by atoms with Crippen LogP contribution in [0.15, 0.2) is 12.2 Å². The van der Waals surface area contributed by atoms with E-state index in [1.807, 2.05) is 6.92 Å². The number of allylic oxidation sites excluding steroid dienone is 1. The van der Waals surface area contributed by atoms with E-state index in [1.165, 1.54) is 0 Å². The molecule has 0 radical (unpaired) electrons. The molecular weight excluding hydrogens is 190 g/mol. The smallest absolute Gasteiger partial charge is 0.207 e. The molecule has 1 amide bonds. The highest BCUT2D eigenvalue weighted by molar-refractivity contribution is 5.45. The van der Waals surface area contributed by atoms with Gasteiger partial charge < -0.3 is 15.5 Å². The molecule has 15 heavy (non-hydrogen) atoms. The number of amides is 1. The largest absolute Gasteiger partial charge is 0.358 e. The van der Waals surface area contributed by atoms with Crippen LogP contribution in [0, 0.1) is 5.92 Å². The van der Waals surface area contributed by atoms with Gasteiger partial charge in [-0.15, -0.1) is 0 Å². The number of hydrogen-bond acceptors (Lipinski definition) is 3. The molecule has 1 aliphatic rings. The Balaban J connectivity index is 0.000000265. The molecule has 4 nitrogen and oxygen atoms in total. The fourth-order valence-corrected chi connectivity index (χ4v) is 1.02. The van der Waals surface area contributed by atoms with E-state index in [1.54, 1.807) is 0 Å². The fourth-order valence-electron chi connectivity index (χ4n) is 1.02. The summed E-state index contributed by atoms with van der Waals surface area (Å²) in [5, 5.41) is 5.74. The topological polar surface area (TPSA) is 44.4 Å². The Labute approximate surface area is 92.7 Å². The van der Waals surface area contributed by atoms with Gasteiger partial charge in [-0.1, -0.05) is 12.2 Å². The zero-order valence-electron chi connectivity index (χ0n) is 9.99. The first-order chi connectivity index (χ1) is 7.20. The molecule has 0 aromatic carbocycles. The molecule has 1 heterocycles. The van der Waals surface area contributed by atoms with Gasteiger partial charge in [-0.2, -0.15) is 0 Å². The van der Waals surface area contributed by atoms with Crippen molar-refractivity contribution in [1.29, 1.82) is 0 Å². The van der Waals surface area contributed by atoms with Crippen molar-refractivity contribution < 1.29 is 4.79 Å². The highest BCUT2D eigenvalue weighted by atomic mass is 16.1. The van der Waals surface area contributed by atoms with E-state index < -0.39 is 0 Å². The third-order valence-corrected chi connectivity index (χ3v) is 2.06. The Bertz CT molecular complexity index is 177. The summed E-state index contributed by atoms with van der Waals surface area (Å²) in [4.78, 5) is 11.8. The average molecular weight is 213 g/mol. The van der Waals surface area contributed by atoms with E-state index in [0.29, 0.717) is 5.92 Å². The maximum absolute atomic E-state index is 9.72. The molecule has 1 aliphatic heterocycles. The van der Waals surface area contributed by atoms with E-state index in [4.69, 9.17) is 0 Å². The lowest BCUT2D eigenvalue weighted by Crippen LogP contribution is -2.46. The quantitative estimate of drug-likeness (QED) is 0.502. The predicted molar refractivity (Wildman–Crippen MR) is 63.8 cm³/mol. The average Bonchev–Trinajstić information content (AvgIpc) is 2.14. The van der Waals surface area contributed by atoms with Gasteiger partial charge in [-0.05, 0) is 21.0 Å². The molecule has 0 aliphatic carbocycles. The third kappa shape index (κ3) is 9.43. The number of carbonyl (C=O) groups is 1. The predicted octanol–water partition coefficient (Wildman–Crippen LogP) is 0.0759. The van der Waals surface area contributed by atoms with Gasteiger partial charge in [0.15, 0.2) is 0 Å². The molecule has 1 saturated heterocycles. The van der Waals surface area contributed by atoms with Gasteiger partial charge in [0.2, 0.25) is 6.41 Å². The second-order valence-electron chi connectivity index (χ2n) is 3.88. The van der Waals surface area contributed by atoms with Crippen LogP contribution in [-0.4, -0.2) is 51.6 Å². The summed E-state index contributed by atoms with van der Waals surface area (Å²) in [5.74, 6) is 0.681. The highest BCUT2D eigenvalue weighted by Gasteiger charge is 2.14. The summed E-state index contributed by atoms with van der Waals surface area (Å²) in [5.41, 5.74) is 0. The second-order valence-corrected chi connectivity index (χ2v) is 3.88. The standard InChI is InChI=1S/C6H13N.C5H10N2O/c1-4-5-6-7(2)3;8-4-7-3-5-1-6-2-5/h4-5H,6H2,1-3H3;4-6H,1-3H2,(H,7,8)/b5-4+;. The lowest BCUT2D eigenvalue weighted by Gasteiger charge is -2.26. The van der Waals surface area contributed by atoms with E-state index in [-0.39, 0.29) is 0 Å². The van der Waals surface area contributed by atoms with E-state index in [9.17, 15) is 4.79 Å². The van der Waals surface area contributed by atoms with Gasteiger partial charge in [0, 0.05) is 32.1 Å². The van der Waals surface area contributed by atoms with Crippen LogP contribution in [0.4, 0.5) is 0 Å². The summed E-state index contributed by atoms with van der Waals surface area (Å²) >= 11 is 0. The van der Waals surface area contributed by atoms with Crippen LogP contribution in [-0.2, 0) is 4.79 Å². The Hall–Kier alpha value is -0.870. The van der Waals surface area contributed by atoms with Crippen LogP contribution in [0.5, 0.6) is 0 Å². The van der Waals surface area contributed by atoms with Crippen molar-refractivity contribution in [3.63, 3.8) is 0 Å². The van der Waals surface area contributed by atoms with Gasteiger partial charge in [-0.25, -0.2) is 0 Å². The maximum Gasteiger partial charge on any atom is 0.207 e. The molecule has 0 unspecified atom stereocenters. The van der Waals surface area contributed by atoms with Gasteiger partial charge >= 0.3 is 0 Å². The molecular formula is C11H23N3O. The molecule has 0 aromatic rings. The minimum absolute atomic E-state index is 0.681. The molecule has 0 atom stereocenters. The SMILES string of the molecule is C/C=C/CN(C)C.O=CNCC1CNC1. The fraction of sp³-hybridized carbons (Fsp3) is 0.727. The normalized spacial score (nSPS) is 15.7. The number of likely N-dealkylation sites (N-methyl/N-ethyl adjacent to an activating group) is 1. The summed E-state index contributed by atoms with van der Waals surface area (Å²) < 4.78 is 0. The van der Waals surface area contributed by atoms with Crippen LogP contribution in [0.3, 0.4) is 0 Å². The lowest BCUT2D eigenvalue weighted by molar-refractivity contribution is -0.109. The number of nitrogens with one attached hydrogen (secondary N) is 2. The monoisotopic (exact) mass is 213 g/mol. The first-order valence-electron chi connectivity index (χ1n) is 5.34. The van der Waals surface area contributed by atoms with Gasteiger partial charge in [0.05, 0.1) is 0 Å². The molecule has 2 N–H and O–H groups in total. The minimum Gasteiger partial charge on any atom is -0.358 e. The molecule has 1 rings (SSSR count). The third-order valence-electron chi connectivity index (χ3n) is 2.06. The first-order valence-corrected chi connectivity index (χ1v) is 5.34. The minimum atomic E-state index is 0.681. The Morgan fingerprint density at radius 2 is 2.13 bits per heavy atom. The van der Waals surface area contributed by atoms with Crippen molar-refractivity contribution in [3.05, 3.63) is 12.2 Å². The molecule has 0 bridgehead atoms. The van der Waals surface area contributed by atoms with Gasteiger partial charge in [-0.3, -0.25) is 4.79 Å². The van der Waals surface area contributed by atoms with Crippen LogP contribution in [0.1, 0.15) is 6.92 Å². The summed E-state index contributed by atoms with van der Waals surface area (Å²) in [6.45, 7) is 6.03. The zero-order valence-corrected chi connectivity index (χ0v) is 9.99. The van der Waals surface area contributed by atoms with Crippen LogP contribution < -0.4 is 10.6 Å². The highest BCUT2D eigenvalue weighted by Crippen LogP contribution is 1.98. The van der Waals surface area contributed by atoms with Gasteiger partial charge in [0.25, 0.3) is 0 Å². The molecule has 0 aromatic heterocycles. The number of rotatable bonds is 5. The summed E-state index contributed by atoms with van der Waals surface area (Å²) in [6.07, 6.45) is 4.93. The Morgan fingerprint density at radius 1 is 1.47 bits per heavy atom. The summed E-state index contributed by atoms with van der Waals surface area (Å²) in [6, 6.07) is 0. The van der Waals surface area contributed by atoms with E-state index >= 15 is 0 Å². The van der Waals surface area contributed by atoms with Crippen molar-refractivity contribution in [2.24, 2.45) is 5.92 Å². The molecule has 0 spiro atoms. The van der Waals surface area contributed by atoms with Crippen LogP contribution in [0.2, 0.25) is 0 Å². The molecule has 4 heteroatoms. The lowest BCUT2D eigenvalue weighted by atomic mass is 10.0. The first kappa shape index (κ1) is 14.1. The van der Waals surface area contributed by atoms with Crippen molar-refractivity contribution in [3.8, 4) is 0 Å². The molecule has 1 fully saturated rings. The van der Waals surface area contributed by atoms with Crippen LogP contribution in [0.25, 0.3) is 0 Å². The zero-order chi connectivity index (χ0) is 11.5. The molecule has 88 valence electrons. The van der Waals surface area contributed by atoms with Crippen molar-refractivity contribution in [2.45, 2.75) is 6.92 Å². The maximum atomic E-state index is 9.72. The number of hydrogen-bond donors (Lipinski definition) is 2. The van der Waals surface area contributed by atoms with E-state index in [2.05, 4.69) is 41.8 Å². The second kappa shape index (κ2) is 9.68. The van der Waals surface area contributed by atoms with Gasteiger partial charge in [0.1, 0.15) is 0 Å². The summed E-state index contributed by atoms with van der Waals surface area (Å²) in [7, 11) is 4.11. The Morgan fingerprint density at radius 3 is 2.40 bits per heavy atom. The number of nitrogens with zero attached hydrogens (tertiary/aromatic N) is 1. The number of carbonyl (C=O) groups excluding carboxylic acids is 1. The molecule has 0 saturated carbocycles. The Kier molecular flexibility index (Phi) is 9.11. The van der Waals surface area contributed by atoms with E-state index in [0.717, 1.165) is 32.6 Å². The van der Waals surface area contributed by atoms with Crippen molar-refractivity contribution in [1.82, 2.24) is 15.5 Å². The van der Waals surface area contributed by atoms with Crippen LogP contribution >= 0.6 is 0 Å².